The molecule has 0 saturated carbocycles. The Morgan fingerprint density at radius 2 is 1.63 bits per heavy atom. The fraction of sp³-hybridized carbons (Fsp3) is 0.208. The van der Waals surface area contributed by atoms with E-state index in [0.717, 1.165) is 22.0 Å². The zero-order chi connectivity index (χ0) is 20.6. The van der Waals surface area contributed by atoms with Gasteiger partial charge in [-0.1, -0.05) is 54.6 Å². The number of rotatable bonds is 1. The maximum Gasteiger partial charge on any atom is 0.291 e. The fourth-order valence-electron chi connectivity index (χ4n) is 5.74. The number of carbonyl (C=O) groups is 3. The topological polar surface area (TPSA) is 83.1 Å². The molecule has 1 spiro atoms. The number of anilines is 2. The van der Waals surface area contributed by atoms with Crippen molar-refractivity contribution in [3.05, 3.63) is 72.3 Å². The SMILES string of the molecule is C[C@H]1[NH2+][C@@]2(C(=O)Nc3ccccc32)[C@H]2C(=O)N(c3cccc4ccccc34)C(=O)[C@H]12. The molecule has 3 aromatic carbocycles. The predicted molar refractivity (Wildman–Crippen MR) is 112 cm³/mol. The second kappa shape index (κ2) is 5.77. The summed E-state index contributed by atoms with van der Waals surface area (Å²) in [5.74, 6) is -2.02. The summed E-state index contributed by atoms with van der Waals surface area (Å²) in [5.41, 5.74) is 0.990. The number of amides is 3. The lowest BCUT2D eigenvalue weighted by Crippen LogP contribution is -2.98. The third kappa shape index (κ3) is 1.94. The zero-order valence-corrected chi connectivity index (χ0v) is 16.3. The van der Waals surface area contributed by atoms with E-state index in [9.17, 15) is 14.4 Å². The standard InChI is InChI=1S/C24H19N3O3/c1-13-19-20(24(26-13)16-10-4-5-11-17(16)25-23(24)30)22(29)27(21(19)28)18-12-6-8-14-7-2-3-9-15(14)18/h2-13,19-20,26H,1H3,(H,25,30)/p+1/t13-,19-,20-,24-/m1/s1. The van der Waals surface area contributed by atoms with Gasteiger partial charge in [0.15, 0.2) is 0 Å². The summed E-state index contributed by atoms with van der Waals surface area (Å²) in [4.78, 5) is 41.9. The number of nitrogens with zero attached hydrogens (tertiary/aromatic N) is 1. The molecular formula is C24H20N3O3+. The van der Waals surface area contributed by atoms with Crippen LogP contribution in [-0.4, -0.2) is 23.8 Å². The molecule has 0 unspecified atom stereocenters. The van der Waals surface area contributed by atoms with Crippen LogP contribution in [0.25, 0.3) is 10.8 Å². The molecule has 4 atom stereocenters. The van der Waals surface area contributed by atoms with Gasteiger partial charge in [-0.2, -0.15) is 0 Å². The molecule has 6 nitrogen and oxygen atoms in total. The molecule has 6 rings (SSSR count). The average Bonchev–Trinajstić information content (AvgIpc) is 3.32. The molecule has 3 amide bonds. The van der Waals surface area contributed by atoms with Crippen LogP contribution in [0.15, 0.2) is 66.7 Å². The van der Waals surface area contributed by atoms with Crippen molar-refractivity contribution in [2.24, 2.45) is 11.8 Å². The van der Waals surface area contributed by atoms with Crippen LogP contribution in [-0.2, 0) is 19.9 Å². The third-order valence-corrected chi connectivity index (χ3v) is 6.94. The van der Waals surface area contributed by atoms with Gasteiger partial charge in [0.1, 0.15) is 11.8 Å². The summed E-state index contributed by atoms with van der Waals surface area (Å²) >= 11 is 0. The minimum Gasteiger partial charge on any atom is -0.326 e. The first-order chi connectivity index (χ1) is 14.5. The van der Waals surface area contributed by atoms with Crippen molar-refractivity contribution < 1.29 is 19.7 Å². The Morgan fingerprint density at radius 1 is 0.900 bits per heavy atom. The van der Waals surface area contributed by atoms with Crippen LogP contribution in [0.1, 0.15) is 12.5 Å². The first-order valence-electron chi connectivity index (χ1n) is 10.2. The fourth-order valence-corrected chi connectivity index (χ4v) is 5.74. The molecule has 2 fully saturated rings. The number of nitrogens with two attached hydrogens (primary N) is 1. The molecule has 3 aromatic rings. The minimum absolute atomic E-state index is 0.191. The van der Waals surface area contributed by atoms with Gasteiger partial charge in [-0.25, -0.2) is 4.90 Å². The largest absolute Gasteiger partial charge is 0.326 e. The summed E-state index contributed by atoms with van der Waals surface area (Å²) in [7, 11) is 0. The number of fused-ring (bicyclic) bond motifs is 5. The molecule has 0 radical (unpaired) electrons. The Labute approximate surface area is 172 Å². The van der Waals surface area contributed by atoms with E-state index in [-0.39, 0.29) is 23.8 Å². The van der Waals surface area contributed by atoms with E-state index in [4.69, 9.17) is 0 Å². The van der Waals surface area contributed by atoms with Gasteiger partial charge in [-0.05, 0) is 24.4 Å². The van der Waals surface area contributed by atoms with Gasteiger partial charge in [0.2, 0.25) is 17.4 Å². The van der Waals surface area contributed by atoms with Crippen molar-refractivity contribution in [3.63, 3.8) is 0 Å². The molecular weight excluding hydrogens is 378 g/mol. The molecule has 0 aliphatic carbocycles. The van der Waals surface area contributed by atoms with Crippen LogP contribution < -0.4 is 15.5 Å². The highest BCUT2D eigenvalue weighted by atomic mass is 16.2. The minimum atomic E-state index is -1.10. The number of hydrogen-bond acceptors (Lipinski definition) is 3. The van der Waals surface area contributed by atoms with E-state index in [1.807, 2.05) is 79.0 Å². The monoisotopic (exact) mass is 398 g/mol. The molecule has 2 saturated heterocycles. The van der Waals surface area contributed by atoms with Gasteiger partial charge in [0.05, 0.1) is 17.4 Å². The smallest absolute Gasteiger partial charge is 0.291 e. The predicted octanol–water partition coefficient (Wildman–Crippen LogP) is 1.76. The summed E-state index contributed by atoms with van der Waals surface area (Å²) in [5, 5.41) is 6.66. The molecule has 6 heteroatoms. The quantitative estimate of drug-likeness (QED) is 0.613. The first-order valence-corrected chi connectivity index (χ1v) is 10.2. The van der Waals surface area contributed by atoms with E-state index in [1.54, 1.807) is 0 Å². The van der Waals surface area contributed by atoms with E-state index in [2.05, 4.69) is 5.32 Å². The van der Waals surface area contributed by atoms with Crippen LogP contribution in [0.4, 0.5) is 11.4 Å². The zero-order valence-electron chi connectivity index (χ0n) is 16.3. The van der Waals surface area contributed by atoms with Crippen molar-refractivity contribution in [1.82, 2.24) is 0 Å². The van der Waals surface area contributed by atoms with Crippen molar-refractivity contribution in [2.75, 3.05) is 10.2 Å². The maximum atomic E-state index is 13.8. The Morgan fingerprint density at radius 3 is 2.50 bits per heavy atom. The molecule has 3 aliphatic rings. The average molecular weight is 398 g/mol. The first kappa shape index (κ1) is 17.4. The maximum absolute atomic E-state index is 13.8. The van der Waals surface area contributed by atoms with Crippen molar-refractivity contribution >= 4 is 39.9 Å². The number of imide groups is 1. The van der Waals surface area contributed by atoms with Gasteiger partial charge < -0.3 is 10.6 Å². The number of carbonyl (C=O) groups excluding carboxylic acids is 3. The number of nitrogens with one attached hydrogen (secondary N) is 1. The molecule has 30 heavy (non-hydrogen) atoms. The van der Waals surface area contributed by atoms with Crippen molar-refractivity contribution in [1.29, 1.82) is 0 Å². The van der Waals surface area contributed by atoms with E-state index in [1.165, 1.54) is 4.90 Å². The van der Waals surface area contributed by atoms with Crippen LogP contribution >= 0.6 is 0 Å². The van der Waals surface area contributed by atoms with E-state index >= 15 is 0 Å². The van der Waals surface area contributed by atoms with Crippen molar-refractivity contribution in [2.45, 2.75) is 18.5 Å². The van der Waals surface area contributed by atoms with Gasteiger partial charge in [-0.3, -0.25) is 14.4 Å². The Kier molecular flexibility index (Phi) is 3.34. The summed E-state index contributed by atoms with van der Waals surface area (Å²) in [6.45, 7) is 1.93. The van der Waals surface area contributed by atoms with Crippen LogP contribution in [0.3, 0.4) is 0 Å². The van der Waals surface area contributed by atoms with E-state index < -0.39 is 17.4 Å². The molecule has 148 valence electrons. The number of para-hydroxylation sites is 1. The highest BCUT2D eigenvalue weighted by Crippen LogP contribution is 2.50. The molecule has 0 bridgehead atoms. The Hall–Kier alpha value is -3.51. The second-order valence-corrected chi connectivity index (χ2v) is 8.41. The molecule has 3 heterocycles. The highest BCUT2D eigenvalue weighted by Gasteiger charge is 2.73. The Bertz CT molecular complexity index is 1260. The lowest BCUT2D eigenvalue weighted by Gasteiger charge is -2.26. The molecule has 3 aliphatic heterocycles. The lowest BCUT2D eigenvalue weighted by atomic mass is 9.76. The number of hydrogen-bond donors (Lipinski definition) is 2. The van der Waals surface area contributed by atoms with Crippen molar-refractivity contribution in [3.8, 4) is 0 Å². The normalized spacial score (nSPS) is 29.6. The van der Waals surface area contributed by atoms with Crippen LogP contribution in [0.5, 0.6) is 0 Å². The number of benzene rings is 3. The summed E-state index contributed by atoms with van der Waals surface area (Å²) in [6, 6.07) is 20.6. The highest BCUT2D eigenvalue weighted by molar-refractivity contribution is 6.27. The molecule has 3 N–H and O–H groups in total. The Balaban J connectivity index is 1.54. The van der Waals surface area contributed by atoms with Gasteiger partial charge in [-0.15, -0.1) is 0 Å². The van der Waals surface area contributed by atoms with Gasteiger partial charge >= 0.3 is 0 Å². The second-order valence-electron chi connectivity index (χ2n) is 8.41. The summed E-state index contributed by atoms with van der Waals surface area (Å²) in [6.07, 6.45) is 0. The van der Waals surface area contributed by atoms with Crippen LogP contribution in [0.2, 0.25) is 0 Å². The molecule has 0 aromatic heterocycles. The van der Waals surface area contributed by atoms with Crippen LogP contribution in [0, 0.1) is 11.8 Å². The van der Waals surface area contributed by atoms with E-state index in [0.29, 0.717) is 5.69 Å². The van der Waals surface area contributed by atoms with Gasteiger partial charge in [0, 0.05) is 10.9 Å². The number of quaternary nitrogens is 1. The third-order valence-electron chi connectivity index (χ3n) is 6.94. The van der Waals surface area contributed by atoms with Gasteiger partial charge in [0.25, 0.3) is 5.91 Å². The summed E-state index contributed by atoms with van der Waals surface area (Å²) < 4.78 is 0. The lowest BCUT2D eigenvalue weighted by molar-refractivity contribution is -0.730.